The molecule has 104 valence electrons. The van der Waals surface area contributed by atoms with Gasteiger partial charge in [-0.05, 0) is 32.4 Å². The van der Waals surface area contributed by atoms with Crippen LogP contribution in [-0.2, 0) is 0 Å². The molecule has 0 unspecified atom stereocenters. The van der Waals surface area contributed by atoms with E-state index in [9.17, 15) is 9.18 Å². The largest absolute Gasteiger partial charge is 0.393 e. The summed E-state index contributed by atoms with van der Waals surface area (Å²) < 4.78 is 14.0. The number of rotatable bonds is 5. The summed E-state index contributed by atoms with van der Waals surface area (Å²) in [5.74, 6) is -0.791. The zero-order chi connectivity index (χ0) is 14.6. The van der Waals surface area contributed by atoms with Crippen LogP contribution in [0.5, 0.6) is 0 Å². The lowest BCUT2D eigenvalue weighted by atomic mass is 10.1. The molecular formula is C14H19FN2OS. The minimum Gasteiger partial charge on any atom is -0.393 e. The van der Waals surface area contributed by atoms with Crippen molar-refractivity contribution in [3.05, 3.63) is 35.1 Å². The number of nitrogens with two attached hydrogens (primary N) is 1. The first-order chi connectivity index (χ1) is 8.84. The second-order valence-corrected chi connectivity index (χ2v) is 5.27. The molecule has 0 aliphatic heterocycles. The SMILES string of the molecule is Cc1cccc(C(=O)N(CCC(N)=S)C(C)C)c1F. The van der Waals surface area contributed by atoms with Crippen LogP contribution in [0.25, 0.3) is 0 Å². The van der Waals surface area contributed by atoms with Crippen LogP contribution in [0.1, 0.15) is 36.2 Å². The van der Waals surface area contributed by atoms with Crippen molar-refractivity contribution in [2.45, 2.75) is 33.2 Å². The average molecular weight is 282 g/mol. The van der Waals surface area contributed by atoms with Gasteiger partial charge in [-0.25, -0.2) is 4.39 Å². The lowest BCUT2D eigenvalue weighted by Gasteiger charge is -2.27. The highest BCUT2D eigenvalue weighted by Crippen LogP contribution is 2.16. The fourth-order valence-corrected chi connectivity index (χ4v) is 1.88. The molecule has 0 saturated heterocycles. The van der Waals surface area contributed by atoms with Crippen molar-refractivity contribution in [1.82, 2.24) is 4.90 Å². The van der Waals surface area contributed by atoms with E-state index in [4.69, 9.17) is 18.0 Å². The van der Waals surface area contributed by atoms with E-state index >= 15 is 0 Å². The monoisotopic (exact) mass is 282 g/mol. The number of carbonyl (C=O) groups excluding carboxylic acids is 1. The van der Waals surface area contributed by atoms with Crippen LogP contribution >= 0.6 is 12.2 Å². The number of carbonyl (C=O) groups is 1. The summed E-state index contributed by atoms with van der Waals surface area (Å²) >= 11 is 4.82. The first-order valence-corrected chi connectivity index (χ1v) is 6.59. The number of halogens is 1. The summed E-state index contributed by atoms with van der Waals surface area (Å²) in [5, 5.41) is 0. The highest BCUT2D eigenvalue weighted by atomic mass is 32.1. The summed E-state index contributed by atoms with van der Waals surface area (Å²) in [6, 6.07) is 4.78. The van der Waals surface area contributed by atoms with Gasteiger partial charge < -0.3 is 10.6 Å². The maximum atomic E-state index is 14.0. The number of benzene rings is 1. The Bertz CT molecular complexity index is 488. The van der Waals surface area contributed by atoms with E-state index in [1.165, 1.54) is 6.07 Å². The molecule has 0 aliphatic carbocycles. The molecule has 19 heavy (non-hydrogen) atoms. The Labute approximate surface area is 118 Å². The van der Waals surface area contributed by atoms with Crippen molar-refractivity contribution in [2.75, 3.05) is 6.54 Å². The molecule has 0 radical (unpaired) electrons. The van der Waals surface area contributed by atoms with Crippen molar-refractivity contribution >= 4 is 23.1 Å². The summed E-state index contributed by atoms with van der Waals surface area (Å²) in [6.45, 7) is 5.80. The van der Waals surface area contributed by atoms with Gasteiger partial charge in [0.05, 0.1) is 10.6 Å². The van der Waals surface area contributed by atoms with Crippen LogP contribution in [0.3, 0.4) is 0 Å². The zero-order valence-corrected chi connectivity index (χ0v) is 12.3. The Hall–Kier alpha value is -1.49. The predicted molar refractivity (Wildman–Crippen MR) is 78.7 cm³/mol. The van der Waals surface area contributed by atoms with E-state index in [2.05, 4.69) is 0 Å². The van der Waals surface area contributed by atoms with Crippen molar-refractivity contribution in [1.29, 1.82) is 0 Å². The summed E-state index contributed by atoms with van der Waals surface area (Å²) in [7, 11) is 0. The molecule has 0 spiro atoms. The Morgan fingerprint density at radius 2 is 2.11 bits per heavy atom. The van der Waals surface area contributed by atoms with E-state index in [1.807, 2.05) is 13.8 Å². The molecule has 0 saturated carbocycles. The van der Waals surface area contributed by atoms with Crippen LogP contribution in [0.15, 0.2) is 18.2 Å². The first-order valence-electron chi connectivity index (χ1n) is 6.19. The molecule has 1 aromatic carbocycles. The molecule has 0 atom stereocenters. The maximum absolute atomic E-state index is 14.0. The minimum absolute atomic E-state index is 0.0400. The smallest absolute Gasteiger partial charge is 0.257 e. The van der Waals surface area contributed by atoms with Gasteiger partial charge in [-0.1, -0.05) is 24.4 Å². The number of nitrogens with zero attached hydrogens (tertiary/aromatic N) is 1. The van der Waals surface area contributed by atoms with Gasteiger partial charge in [-0.3, -0.25) is 4.79 Å². The Balaban J connectivity index is 2.99. The lowest BCUT2D eigenvalue weighted by Crippen LogP contribution is -2.39. The van der Waals surface area contributed by atoms with E-state index in [0.717, 1.165) is 0 Å². The highest BCUT2D eigenvalue weighted by molar-refractivity contribution is 7.80. The summed E-state index contributed by atoms with van der Waals surface area (Å²) in [4.78, 5) is 14.3. The van der Waals surface area contributed by atoms with Gasteiger partial charge in [0.25, 0.3) is 5.91 Å². The minimum atomic E-state index is -0.464. The van der Waals surface area contributed by atoms with E-state index in [-0.39, 0.29) is 17.5 Å². The third-order valence-electron chi connectivity index (χ3n) is 2.91. The van der Waals surface area contributed by atoms with Gasteiger partial charge in [0.15, 0.2) is 0 Å². The van der Waals surface area contributed by atoms with Gasteiger partial charge in [-0.15, -0.1) is 0 Å². The van der Waals surface area contributed by atoms with E-state index in [1.54, 1.807) is 24.0 Å². The molecule has 2 N–H and O–H groups in total. The Kier molecular flexibility index (Phi) is 5.42. The van der Waals surface area contributed by atoms with Crippen LogP contribution in [0, 0.1) is 12.7 Å². The lowest BCUT2D eigenvalue weighted by molar-refractivity contribution is 0.0706. The summed E-state index contributed by atoms with van der Waals surface area (Å²) in [6.07, 6.45) is 0.437. The van der Waals surface area contributed by atoms with Crippen LogP contribution in [-0.4, -0.2) is 28.4 Å². The Morgan fingerprint density at radius 3 is 2.63 bits per heavy atom. The number of aryl methyl sites for hydroxylation is 1. The topological polar surface area (TPSA) is 46.3 Å². The van der Waals surface area contributed by atoms with E-state index in [0.29, 0.717) is 23.5 Å². The number of thiocarbonyl (C=S) groups is 1. The third-order valence-corrected chi connectivity index (χ3v) is 3.11. The van der Waals surface area contributed by atoms with Crippen LogP contribution in [0.2, 0.25) is 0 Å². The van der Waals surface area contributed by atoms with Gasteiger partial charge in [0.2, 0.25) is 0 Å². The highest BCUT2D eigenvalue weighted by Gasteiger charge is 2.22. The third kappa shape index (κ3) is 3.99. The number of amides is 1. The average Bonchev–Trinajstić information content (AvgIpc) is 2.31. The van der Waals surface area contributed by atoms with Crippen molar-refractivity contribution in [3.8, 4) is 0 Å². The van der Waals surface area contributed by atoms with Crippen LogP contribution < -0.4 is 5.73 Å². The quantitative estimate of drug-likeness (QED) is 0.845. The fraction of sp³-hybridized carbons (Fsp3) is 0.429. The zero-order valence-electron chi connectivity index (χ0n) is 11.4. The molecule has 0 fully saturated rings. The second-order valence-electron chi connectivity index (χ2n) is 4.75. The fourth-order valence-electron chi connectivity index (χ4n) is 1.79. The van der Waals surface area contributed by atoms with E-state index < -0.39 is 5.82 Å². The Morgan fingerprint density at radius 1 is 1.47 bits per heavy atom. The first kappa shape index (κ1) is 15.6. The standard InChI is InChI=1S/C14H19FN2OS/c1-9(2)17(8-7-12(16)19)14(18)11-6-4-5-10(3)13(11)15/h4-6,9H,7-8H2,1-3H3,(H2,16,19). The van der Waals surface area contributed by atoms with Gasteiger partial charge in [0, 0.05) is 19.0 Å². The maximum Gasteiger partial charge on any atom is 0.257 e. The van der Waals surface area contributed by atoms with Gasteiger partial charge in [0.1, 0.15) is 5.82 Å². The molecule has 1 rings (SSSR count). The molecule has 0 aliphatic rings. The molecule has 1 amide bonds. The van der Waals surface area contributed by atoms with Gasteiger partial charge in [-0.2, -0.15) is 0 Å². The molecular weight excluding hydrogens is 263 g/mol. The molecule has 0 bridgehead atoms. The number of hydrogen-bond donors (Lipinski definition) is 1. The molecule has 0 aromatic heterocycles. The molecule has 5 heteroatoms. The molecule has 1 aromatic rings. The number of hydrogen-bond acceptors (Lipinski definition) is 2. The van der Waals surface area contributed by atoms with Crippen molar-refractivity contribution in [2.24, 2.45) is 5.73 Å². The molecule has 3 nitrogen and oxygen atoms in total. The second kappa shape index (κ2) is 6.61. The normalized spacial score (nSPS) is 10.6. The van der Waals surface area contributed by atoms with Crippen molar-refractivity contribution in [3.63, 3.8) is 0 Å². The predicted octanol–water partition coefficient (Wildman–Crippen LogP) is 2.66. The van der Waals surface area contributed by atoms with Crippen molar-refractivity contribution < 1.29 is 9.18 Å². The molecule has 0 heterocycles. The van der Waals surface area contributed by atoms with Gasteiger partial charge >= 0.3 is 0 Å². The summed E-state index contributed by atoms with van der Waals surface area (Å²) in [5.41, 5.74) is 6.01. The van der Waals surface area contributed by atoms with Crippen LogP contribution in [0.4, 0.5) is 4.39 Å².